The van der Waals surface area contributed by atoms with Crippen LogP contribution in [0.25, 0.3) is 0 Å². The van der Waals surface area contributed by atoms with Crippen LogP contribution < -0.4 is 11.1 Å². The molecular weight excluding hydrogens is 188 g/mol. The third kappa shape index (κ3) is 2.50. The number of aryl methyl sites for hydroxylation is 1. The zero-order valence-electron chi connectivity index (χ0n) is 9.32. The molecular formula is C11H20N4. The number of nitrogens with one attached hydrogen (secondary N) is 1. The van der Waals surface area contributed by atoms with E-state index in [1.807, 2.05) is 24.0 Å². The number of anilines is 1. The van der Waals surface area contributed by atoms with Crippen LogP contribution in [0, 0.1) is 5.92 Å². The number of nitrogens with zero attached hydrogens (tertiary/aromatic N) is 2. The van der Waals surface area contributed by atoms with E-state index in [0.717, 1.165) is 12.4 Å². The lowest BCUT2D eigenvalue weighted by molar-refractivity contribution is 0.321. The Labute approximate surface area is 90.8 Å². The van der Waals surface area contributed by atoms with Crippen molar-refractivity contribution >= 4 is 5.82 Å². The Balaban J connectivity index is 1.84. The van der Waals surface area contributed by atoms with E-state index in [2.05, 4.69) is 10.4 Å². The van der Waals surface area contributed by atoms with Gasteiger partial charge in [0.25, 0.3) is 0 Å². The molecule has 2 unspecified atom stereocenters. The first-order valence-corrected chi connectivity index (χ1v) is 5.75. The molecule has 1 aliphatic carbocycles. The van der Waals surface area contributed by atoms with Gasteiger partial charge in [-0.2, -0.15) is 5.10 Å². The molecule has 0 amide bonds. The summed E-state index contributed by atoms with van der Waals surface area (Å²) in [6.07, 6.45) is 6.86. The minimum Gasteiger partial charge on any atom is -0.370 e. The number of aromatic nitrogens is 2. The van der Waals surface area contributed by atoms with Crippen LogP contribution in [-0.4, -0.2) is 22.4 Å². The van der Waals surface area contributed by atoms with Gasteiger partial charge < -0.3 is 11.1 Å². The minimum atomic E-state index is 0.375. The molecule has 0 spiro atoms. The van der Waals surface area contributed by atoms with Gasteiger partial charge in [-0.1, -0.05) is 12.8 Å². The molecule has 1 aliphatic rings. The molecule has 1 aromatic heterocycles. The zero-order chi connectivity index (χ0) is 10.7. The highest BCUT2D eigenvalue weighted by atomic mass is 15.3. The molecule has 3 N–H and O–H groups in total. The first kappa shape index (κ1) is 10.5. The summed E-state index contributed by atoms with van der Waals surface area (Å²) in [5.41, 5.74) is 6.09. The molecule has 1 saturated carbocycles. The lowest BCUT2D eigenvalue weighted by Gasteiger charge is -2.28. The van der Waals surface area contributed by atoms with Crippen molar-refractivity contribution in [2.45, 2.75) is 31.7 Å². The molecule has 1 heterocycles. The van der Waals surface area contributed by atoms with E-state index in [1.54, 1.807) is 0 Å². The van der Waals surface area contributed by atoms with E-state index >= 15 is 0 Å². The molecule has 0 aliphatic heterocycles. The Morgan fingerprint density at radius 1 is 1.53 bits per heavy atom. The molecule has 4 nitrogen and oxygen atoms in total. The molecule has 0 aromatic carbocycles. The lowest BCUT2D eigenvalue weighted by atomic mass is 9.85. The van der Waals surface area contributed by atoms with Crippen LogP contribution in [0.2, 0.25) is 0 Å². The molecule has 2 atom stereocenters. The standard InChI is InChI=1S/C11H20N4/c1-15-11(6-7-14-15)13-8-9-4-2-3-5-10(9)12/h6-7,9-10,13H,2-5,8,12H2,1H3. The van der Waals surface area contributed by atoms with Gasteiger partial charge >= 0.3 is 0 Å². The van der Waals surface area contributed by atoms with Crippen LogP contribution >= 0.6 is 0 Å². The highest BCUT2D eigenvalue weighted by Gasteiger charge is 2.21. The Morgan fingerprint density at radius 2 is 2.33 bits per heavy atom. The molecule has 0 saturated heterocycles. The predicted octanol–water partition coefficient (Wildman–Crippen LogP) is 1.35. The van der Waals surface area contributed by atoms with Crippen LogP contribution in [0.4, 0.5) is 5.82 Å². The van der Waals surface area contributed by atoms with E-state index in [1.165, 1.54) is 25.7 Å². The van der Waals surface area contributed by atoms with Crippen LogP contribution in [0.1, 0.15) is 25.7 Å². The van der Waals surface area contributed by atoms with Gasteiger partial charge in [0, 0.05) is 25.7 Å². The average Bonchev–Trinajstić information content (AvgIpc) is 2.63. The first-order valence-electron chi connectivity index (χ1n) is 5.75. The van der Waals surface area contributed by atoms with Gasteiger partial charge in [0.05, 0.1) is 6.20 Å². The summed E-state index contributed by atoms with van der Waals surface area (Å²) in [6.45, 7) is 0.973. The Hall–Kier alpha value is -1.03. The summed E-state index contributed by atoms with van der Waals surface area (Å²) < 4.78 is 1.86. The fraction of sp³-hybridized carbons (Fsp3) is 0.727. The Bertz CT molecular complexity index is 307. The fourth-order valence-electron chi connectivity index (χ4n) is 2.27. The van der Waals surface area contributed by atoms with E-state index < -0.39 is 0 Å². The zero-order valence-corrected chi connectivity index (χ0v) is 9.32. The second-order valence-corrected chi connectivity index (χ2v) is 4.43. The molecule has 0 bridgehead atoms. The van der Waals surface area contributed by atoms with Gasteiger partial charge in [-0.15, -0.1) is 0 Å². The molecule has 4 heteroatoms. The SMILES string of the molecule is Cn1nccc1NCC1CCCCC1N. The van der Waals surface area contributed by atoms with Crippen molar-refractivity contribution < 1.29 is 0 Å². The summed E-state index contributed by atoms with van der Waals surface area (Å²) in [7, 11) is 1.95. The summed E-state index contributed by atoms with van der Waals surface area (Å²) in [5.74, 6) is 1.70. The molecule has 2 rings (SSSR count). The average molecular weight is 208 g/mol. The van der Waals surface area contributed by atoms with Gasteiger partial charge in [-0.3, -0.25) is 4.68 Å². The smallest absolute Gasteiger partial charge is 0.123 e. The van der Waals surface area contributed by atoms with Crippen molar-refractivity contribution in [1.29, 1.82) is 0 Å². The summed E-state index contributed by atoms with van der Waals surface area (Å²) >= 11 is 0. The van der Waals surface area contributed by atoms with Crippen molar-refractivity contribution in [3.63, 3.8) is 0 Å². The van der Waals surface area contributed by atoms with E-state index in [4.69, 9.17) is 5.73 Å². The van der Waals surface area contributed by atoms with Crippen molar-refractivity contribution in [2.75, 3.05) is 11.9 Å². The number of hydrogen-bond acceptors (Lipinski definition) is 3. The summed E-state index contributed by atoms with van der Waals surface area (Å²) in [4.78, 5) is 0. The fourth-order valence-corrected chi connectivity index (χ4v) is 2.27. The van der Waals surface area contributed by atoms with E-state index in [9.17, 15) is 0 Å². The van der Waals surface area contributed by atoms with Crippen molar-refractivity contribution in [1.82, 2.24) is 9.78 Å². The predicted molar refractivity (Wildman–Crippen MR) is 61.6 cm³/mol. The van der Waals surface area contributed by atoms with Gasteiger partial charge in [0.1, 0.15) is 5.82 Å². The normalized spacial score (nSPS) is 26.5. The second-order valence-electron chi connectivity index (χ2n) is 4.43. The molecule has 15 heavy (non-hydrogen) atoms. The molecule has 0 radical (unpaired) electrons. The first-order chi connectivity index (χ1) is 7.27. The maximum absolute atomic E-state index is 6.09. The number of nitrogens with two attached hydrogens (primary N) is 1. The Kier molecular flexibility index (Phi) is 3.26. The third-order valence-corrected chi connectivity index (χ3v) is 3.33. The third-order valence-electron chi connectivity index (χ3n) is 3.33. The monoisotopic (exact) mass is 208 g/mol. The summed E-state index contributed by atoms with van der Waals surface area (Å²) in [5, 5.41) is 7.54. The highest BCUT2D eigenvalue weighted by molar-refractivity contribution is 5.33. The largest absolute Gasteiger partial charge is 0.370 e. The second kappa shape index (κ2) is 4.66. The van der Waals surface area contributed by atoms with Crippen molar-refractivity contribution in [3.05, 3.63) is 12.3 Å². The molecule has 1 aromatic rings. The molecule has 84 valence electrons. The van der Waals surface area contributed by atoms with Gasteiger partial charge in [-0.05, 0) is 18.8 Å². The lowest BCUT2D eigenvalue weighted by Crippen LogP contribution is -2.37. The summed E-state index contributed by atoms with van der Waals surface area (Å²) in [6, 6.07) is 2.37. The van der Waals surface area contributed by atoms with Gasteiger partial charge in [0.15, 0.2) is 0 Å². The van der Waals surface area contributed by atoms with Crippen LogP contribution in [0.5, 0.6) is 0 Å². The minimum absolute atomic E-state index is 0.375. The molecule has 1 fully saturated rings. The van der Waals surface area contributed by atoms with Crippen LogP contribution in [0.15, 0.2) is 12.3 Å². The maximum atomic E-state index is 6.09. The van der Waals surface area contributed by atoms with Gasteiger partial charge in [0.2, 0.25) is 0 Å². The van der Waals surface area contributed by atoms with E-state index in [0.29, 0.717) is 12.0 Å². The van der Waals surface area contributed by atoms with Crippen molar-refractivity contribution in [3.8, 4) is 0 Å². The highest BCUT2D eigenvalue weighted by Crippen LogP contribution is 2.23. The maximum Gasteiger partial charge on any atom is 0.123 e. The van der Waals surface area contributed by atoms with E-state index in [-0.39, 0.29) is 0 Å². The number of rotatable bonds is 3. The Morgan fingerprint density at radius 3 is 3.00 bits per heavy atom. The quantitative estimate of drug-likeness (QED) is 0.788. The van der Waals surface area contributed by atoms with Crippen molar-refractivity contribution in [2.24, 2.45) is 18.7 Å². The number of hydrogen-bond donors (Lipinski definition) is 2. The van der Waals surface area contributed by atoms with Gasteiger partial charge in [-0.25, -0.2) is 0 Å². The van der Waals surface area contributed by atoms with Crippen LogP contribution in [-0.2, 0) is 7.05 Å². The van der Waals surface area contributed by atoms with Crippen LogP contribution in [0.3, 0.4) is 0 Å². The topological polar surface area (TPSA) is 55.9 Å².